The Labute approximate surface area is 108 Å². The number of nitrogens with zero attached hydrogens (tertiary/aromatic N) is 1. The predicted octanol–water partition coefficient (Wildman–Crippen LogP) is 2.70. The highest BCUT2D eigenvalue weighted by molar-refractivity contribution is 7.89. The van der Waals surface area contributed by atoms with E-state index >= 15 is 0 Å². The maximum atomic E-state index is 12.7. The molecule has 2 atom stereocenters. The van der Waals surface area contributed by atoms with Crippen LogP contribution in [-0.4, -0.2) is 37.7 Å². The molecule has 0 bridgehead atoms. The van der Waals surface area contributed by atoms with E-state index in [2.05, 4.69) is 0 Å². The standard InChI is InChI=1S/C10H16F5NO2S/c1-6(2)7-3-8(10(13,14)15)5-16(4-7)19(17,18)9(11)12/h6-9H,3-5H2,1-2H3. The molecule has 0 aliphatic carbocycles. The van der Waals surface area contributed by atoms with Gasteiger partial charge in [0.15, 0.2) is 0 Å². The van der Waals surface area contributed by atoms with Crippen molar-refractivity contribution in [3.63, 3.8) is 0 Å². The predicted molar refractivity (Wildman–Crippen MR) is 59.0 cm³/mol. The van der Waals surface area contributed by atoms with Crippen LogP contribution in [0.1, 0.15) is 20.3 Å². The fourth-order valence-corrected chi connectivity index (χ4v) is 3.15. The largest absolute Gasteiger partial charge is 0.393 e. The van der Waals surface area contributed by atoms with Crippen molar-refractivity contribution in [2.45, 2.75) is 32.2 Å². The lowest BCUT2D eigenvalue weighted by atomic mass is 9.83. The summed E-state index contributed by atoms with van der Waals surface area (Å²) in [5.74, 6) is -6.36. The molecule has 3 nitrogen and oxygen atoms in total. The van der Waals surface area contributed by atoms with Gasteiger partial charge >= 0.3 is 11.9 Å². The van der Waals surface area contributed by atoms with E-state index < -0.39 is 40.3 Å². The molecule has 114 valence electrons. The Morgan fingerprint density at radius 1 is 1.16 bits per heavy atom. The maximum Gasteiger partial charge on any atom is 0.393 e. The van der Waals surface area contributed by atoms with Gasteiger partial charge < -0.3 is 0 Å². The second-order valence-corrected chi connectivity index (χ2v) is 7.00. The van der Waals surface area contributed by atoms with Crippen LogP contribution < -0.4 is 0 Å². The van der Waals surface area contributed by atoms with E-state index in [1.54, 1.807) is 13.8 Å². The quantitative estimate of drug-likeness (QED) is 0.752. The lowest BCUT2D eigenvalue weighted by molar-refractivity contribution is -0.188. The highest BCUT2D eigenvalue weighted by Gasteiger charge is 2.48. The van der Waals surface area contributed by atoms with Gasteiger partial charge in [-0.15, -0.1) is 0 Å². The third kappa shape index (κ3) is 3.77. The smallest absolute Gasteiger partial charge is 0.206 e. The molecule has 1 aliphatic rings. The van der Waals surface area contributed by atoms with Crippen molar-refractivity contribution in [1.82, 2.24) is 4.31 Å². The van der Waals surface area contributed by atoms with Gasteiger partial charge in [-0.05, 0) is 18.3 Å². The van der Waals surface area contributed by atoms with Crippen LogP contribution in [0.3, 0.4) is 0 Å². The Balaban J connectivity index is 3.01. The van der Waals surface area contributed by atoms with E-state index in [-0.39, 0.29) is 23.2 Å². The summed E-state index contributed by atoms with van der Waals surface area (Å²) in [6.07, 6.45) is -4.81. The van der Waals surface area contributed by atoms with Crippen molar-refractivity contribution in [2.75, 3.05) is 13.1 Å². The van der Waals surface area contributed by atoms with Crippen molar-refractivity contribution in [3.8, 4) is 0 Å². The zero-order chi connectivity index (χ0) is 15.0. The molecule has 0 aromatic heterocycles. The molecule has 0 aromatic rings. The van der Waals surface area contributed by atoms with Gasteiger partial charge in [0, 0.05) is 13.1 Å². The second kappa shape index (κ2) is 5.51. The Bertz CT molecular complexity index is 407. The Morgan fingerprint density at radius 3 is 2.05 bits per heavy atom. The van der Waals surface area contributed by atoms with E-state index in [0.29, 0.717) is 0 Å². The van der Waals surface area contributed by atoms with Crippen molar-refractivity contribution < 1.29 is 30.4 Å². The summed E-state index contributed by atoms with van der Waals surface area (Å²) in [6, 6.07) is 0. The normalized spacial score (nSPS) is 27.2. The summed E-state index contributed by atoms with van der Waals surface area (Å²) in [5, 5.41) is 0. The van der Waals surface area contributed by atoms with Gasteiger partial charge in [0.1, 0.15) is 0 Å². The SMILES string of the molecule is CC(C)C1CC(C(F)(F)F)CN(S(=O)(=O)C(F)F)C1. The first-order valence-corrected chi connectivity index (χ1v) is 7.30. The van der Waals surface area contributed by atoms with Gasteiger partial charge in [0.05, 0.1) is 5.92 Å². The number of sulfonamides is 1. The number of hydrogen-bond donors (Lipinski definition) is 0. The van der Waals surface area contributed by atoms with E-state index in [1.165, 1.54) is 0 Å². The van der Waals surface area contributed by atoms with Crippen LogP contribution in [0.2, 0.25) is 0 Å². The molecule has 2 unspecified atom stereocenters. The molecule has 0 saturated carbocycles. The van der Waals surface area contributed by atoms with Crippen molar-refractivity contribution in [3.05, 3.63) is 0 Å². The van der Waals surface area contributed by atoms with E-state index in [1.807, 2.05) is 0 Å². The summed E-state index contributed by atoms with van der Waals surface area (Å²) >= 11 is 0. The van der Waals surface area contributed by atoms with Crippen LogP contribution in [0.25, 0.3) is 0 Å². The lowest BCUT2D eigenvalue weighted by Crippen LogP contribution is -2.50. The van der Waals surface area contributed by atoms with Crippen molar-refractivity contribution >= 4 is 10.0 Å². The molecule has 1 rings (SSSR count). The summed E-state index contributed by atoms with van der Waals surface area (Å²) in [6.45, 7) is 2.10. The molecular formula is C10H16F5NO2S. The molecule has 1 heterocycles. The molecule has 9 heteroatoms. The second-order valence-electron chi connectivity index (χ2n) is 5.10. The zero-order valence-corrected chi connectivity index (χ0v) is 11.3. The number of hydrogen-bond acceptors (Lipinski definition) is 2. The summed E-state index contributed by atoms with van der Waals surface area (Å²) < 4.78 is 86.0. The van der Waals surface area contributed by atoms with Crippen LogP contribution in [0.15, 0.2) is 0 Å². The van der Waals surface area contributed by atoms with Crippen LogP contribution in [0.4, 0.5) is 22.0 Å². The first-order chi connectivity index (χ1) is 8.46. The third-order valence-corrected chi connectivity index (χ3v) is 4.91. The molecule has 0 spiro atoms. The highest BCUT2D eigenvalue weighted by atomic mass is 32.2. The molecule has 1 fully saturated rings. The average Bonchev–Trinajstić information content (AvgIpc) is 2.26. The van der Waals surface area contributed by atoms with Crippen LogP contribution in [-0.2, 0) is 10.0 Å². The number of piperidine rings is 1. The molecule has 1 saturated heterocycles. The minimum atomic E-state index is -4.96. The monoisotopic (exact) mass is 309 g/mol. The maximum absolute atomic E-state index is 12.7. The number of alkyl halides is 5. The first-order valence-electron chi connectivity index (χ1n) is 5.80. The number of halogens is 5. The first kappa shape index (κ1) is 16.6. The van der Waals surface area contributed by atoms with Gasteiger partial charge in [-0.3, -0.25) is 0 Å². The van der Waals surface area contributed by atoms with E-state index in [0.717, 1.165) is 0 Å². The average molecular weight is 309 g/mol. The summed E-state index contributed by atoms with van der Waals surface area (Å²) in [5.41, 5.74) is 0. The molecule has 19 heavy (non-hydrogen) atoms. The van der Waals surface area contributed by atoms with Gasteiger partial charge in [0.25, 0.3) is 10.0 Å². The van der Waals surface area contributed by atoms with Crippen molar-refractivity contribution in [1.29, 1.82) is 0 Å². The number of rotatable bonds is 3. The van der Waals surface area contributed by atoms with Gasteiger partial charge in [0.2, 0.25) is 0 Å². The van der Waals surface area contributed by atoms with Gasteiger partial charge in [-0.2, -0.15) is 26.3 Å². The summed E-state index contributed by atoms with van der Waals surface area (Å²) in [4.78, 5) is 0. The third-order valence-electron chi connectivity index (χ3n) is 3.44. The minimum Gasteiger partial charge on any atom is -0.206 e. The Morgan fingerprint density at radius 2 is 1.68 bits per heavy atom. The molecular weight excluding hydrogens is 293 g/mol. The molecule has 0 amide bonds. The Kier molecular flexibility index (Phi) is 4.82. The zero-order valence-electron chi connectivity index (χ0n) is 10.5. The van der Waals surface area contributed by atoms with E-state index in [4.69, 9.17) is 0 Å². The van der Waals surface area contributed by atoms with Crippen LogP contribution >= 0.6 is 0 Å². The fourth-order valence-electron chi connectivity index (χ4n) is 2.14. The van der Waals surface area contributed by atoms with Gasteiger partial charge in [-0.25, -0.2) is 8.42 Å². The van der Waals surface area contributed by atoms with Crippen molar-refractivity contribution in [2.24, 2.45) is 17.8 Å². The highest BCUT2D eigenvalue weighted by Crippen LogP contribution is 2.38. The fraction of sp³-hybridized carbons (Fsp3) is 1.00. The summed E-state index contributed by atoms with van der Waals surface area (Å²) in [7, 11) is -4.96. The topological polar surface area (TPSA) is 37.4 Å². The molecule has 1 aliphatic heterocycles. The molecule has 0 radical (unpaired) electrons. The van der Waals surface area contributed by atoms with Crippen LogP contribution in [0.5, 0.6) is 0 Å². The Hall–Kier alpha value is -0.440. The van der Waals surface area contributed by atoms with Crippen LogP contribution in [0, 0.1) is 17.8 Å². The van der Waals surface area contributed by atoms with Gasteiger partial charge in [-0.1, -0.05) is 13.8 Å². The minimum absolute atomic E-state index is 0.208. The molecule has 0 N–H and O–H groups in total. The molecule has 0 aromatic carbocycles. The van der Waals surface area contributed by atoms with E-state index in [9.17, 15) is 30.4 Å². The lowest BCUT2D eigenvalue weighted by Gasteiger charge is -2.39.